The summed E-state index contributed by atoms with van der Waals surface area (Å²) < 4.78 is 25.6. The fraction of sp³-hybridized carbons (Fsp3) is 0.188. The molecule has 244 valence electrons. The van der Waals surface area contributed by atoms with Gasteiger partial charge in [0.25, 0.3) is 11.2 Å². The number of fused-ring (bicyclic) bond motifs is 1. The second kappa shape index (κ2) is 13.9. The lowest BCUT2D eigenvalue weighted by atomic mass is 9.94. The summed E-state index contributed by atoms with van der Waals surface area (Å²) in [5, 5.41) is 29.6. The maximum absolute atomic E-state index is 13.7. The number of ether oxygens (including phenoxy) is 4. The summed E-state index contributed by atoms with van der Waals surface area (Å²) in [6.45, 7) is 1.03. The summed E-state index contributed by atoms with van der Waals surface area (Å²) in [6, 6.07) is 24.4. The highest BCUT2D eigenvalue weighted by Crippen LogP contribution is 2.45. The number of aromatic nitrogens is 2. The van der Waals surface area contributed by atoms with Gasteiger partial charge in [0.1, 0.15) is 29.9 Å². The van der Waals surface area contributed by atoms with Crippen molar-refractivity contribution in [2.45, 2.75) is 31.0 Å². The van der Waals surface area contributed by atoms with Crippen LogP contribution in [0.2, 0.25) is 0 Å². The molecule has 0 unspecified atom stereocenters. The Morgan fingerprint density at radius 2 is 1.47 bits per heavy atom. The normalized spacial score (nSPS) is 22.6. The first-order chi connectivity index (χ1) is 23.8. The van der Waals surface area contributed by atoms with Crippen LogP contribution in [0.25, 0.3) is 10.6 Å². The van der Waals surface area contributed by atoms with E-state index in [2.05, 4.69) is 35.7 Å². The van der Waals surface area contributed by atoms with Crippen molar-refractivity contribution in [3.8, 4) is 0 Å². The van der Waals surface area contributed by atoms with Gasteiger partial charge in [-0.05, 0) is 43.3 Å². The minimum absolute atomic E-state index is 0.00255. The molecule has 4 atom stereocenters. The molecule has 1 fully saturated rings. The lowest BCUT2D eigenvalue weighted by Gasteiger charge is -2.35. The van der Waals surface area contributed by atoms with E-state index in [0.717, 1.165) is 0 Å². The van der Waals surface area contributed by atoms with Gasteiger partial charge in [0.2, 0.25) is 0 Å². The third-order valence-electron chi connectivity index (χ3n) is 7.64. The molecule has 6 rings (SSSR count). The molecule has 4 aromatic rings. The average Bonchev–Trinajstić information content (AvgIpc) is 3.68. The second-order valence-electron chi connectivity index (χ2n) is 10.7. The van der Waals surface area contributed by atoms with Crippen LogP contribution in [0.1, 0.15) is 55.6 Å². The van der Waals surface area contributed by atoms with E-state index in [1.165, 1.54) is 30.0 Å². The van der Waals surface area contributed by atoms with Crippen molar-refractivity contribution < 1.29 is 33.3 Å². The zero-order chi connectivity index (χ0) is 34.4. The number of amidine groups is 2. The van der Waals surface area contributed by atoms with Gasteiger partial charge in [0.15, 0.2) is 23.0 Å². The summed E-state index contributed by atoms with van der Waals surface area (Å²) in [5.74, 6) is -2.78. The highest BCUT2D eigenvalue weighted by atomic mass is 16.7. The summed E-state index contributed by atoms with van der Waals surface area (Å²) >= 11 is 0. The molecule has 0 radical (unpaired) electrons. The number of hydrogen-bond donors (Lipinski definition) is 0. The Morgan fingerprint density at radius 1 is 0.898 bits per heavy atom. The van der Waals surface area contributed by atoms with Gasteiger partial charge in [-0.3, -0.25) is 9.79 Å². The molecule has 0 N–H and O–H groups in total. The van der Waals surface area contributed by atoms with Crippen molar-refractivity contribution >= 4 is 29.6 Å². The van der Waals surface area contributed by atoms with E-state index >= 15 is 0 Å². The Labute approximate surface area is 277 Å². The summed E-state index contributed by atoms with van der Waals surface area (Å²) in [5.41, 5.74) is 7.82. The van der Waals surface area contributed by atoms with Gasteiger partial charge in [0, 0.05) is 0 Å². The minimum atomic E-state index is -1.88. The van der Waals surface area contributed by atoms with Crippen molar-refractivity contribution in [1.29, 1.82) is 5.39 Å². The maximum atomic E-state index is 13.7. The Balaban J connectivity index is 1.46. The first-order valence-corrected chi connectivity index (χ1v) is 14.6. The predicted molar refractivity (Wildman–Crippen MR) is 168 cm³/mol. The van der Waals surface area contributed by atoms with Gasteiger partial charge in [-0.15, -0.1) is 10.2 Å². The minimum Gasteiger partial charge on any atom is -0.459 e. The van der Waals surface area contributed by atoms with E-state index in [1.807, 2.05) is 0 Å². The zero-order valence-corrected chi connectivity index (χ0v) is 25.5. The highest BCUT2D eigenvalue weighted by Gasteiger charge is 2.61. The largest absolute Gasteiger partial charge is 0.459 e. The maximum Gasteiger partial charge on any atom is 0.341 e. The smallest absolute Gasteiger partial charge is 0.341 e. The molecule has 17 nitrogen and oxygen atoms in total. The number of nitrogens with zero attached hydrogens (tertiary/aromatic N) is 10. The van der Waals surface area contributed by atoms with Crippen molar-refractivity contribution in [2.75, 3.05) is 6.61 Å². The molecule has 0 bridgehead atoms. The molecule has 2 aliphatic rings. The molecule has 3 aromatic carbocycles. The molecule has 0 amide bonds. The quantitative estimate of drug-likeness (QED) is 0.0761. The number of rotatable bonds is 9. The number of imidazole rings is 1. The molecular weight excluding hydrogens is 636 g/mol. The van der Waals surface area contributed by atoms with Crippen LogP contribution in [-0.4, -0.2) is 63.5 Å². The fourth-order valence-corrected chi connectivity index (χ4v) is 5.39. The molecule has 17 heteroatoms. The van der Waals surface area contributed by atoms with Gasteiger partial charge in [-0.25, -0.2) is 19.4 Å². The summed E-state index contributed by atoms with van der Waals surface area (Å²) in [7, 11) is 0. The van der Waals surface area contributed by atoms with Crippen molar-refractivity contribution in [2.24, 2.45) is 25.7 Å². The molecule has 49 heavy (non-hydrogen) atoms. The number of diazo groups is 1. The molecule has 2 aliphatic heterocycles. The third kappa shape index (κ3) is 6.43. The Bertz CT molecular complexity index is 2030. The van der Waals surface area contributed by atoms with E-state index in [1.54, 1.807) is 78.9 Å². The summed E-state index contributed by atoms with van der Waals surface area (Å²) in [6.07, 6.45) is -2.79. The topological polar surface area (TPSA) is 218 Å². The second-order valence-corrected chi connectivity index (χ2v) is 10.7. The van der Waals surface area contributed by atoms with Crippen LogP contribution < -0.4 is 0 Å². The number of azo groups is 1. The lowest BCUT2D eigenvalue weighted by molar-refractivity contribution is -0.110. The highest BCUT2D eigenvalue weighted by molar-refractivity contribution is 6.13. The van der Waals surface area contributed by atoms with Crippen LogP contribution in [0.15, 0.2) is 123 Å². The molecule has 0 spiro atoms. The van der Waals surface area contributed by atoms with Crippen LogP contribution in [-0.2, 0) is 18.9 Å². The Morgan fingerprint density at radius 3 is 2.06 bits per heavy atom. The molecule has 1 aromatic heterocycles. The van der Waals surface area contributed by atoms with Crippen molar-refractivity contribution in [3.05, 3.63) is 136 Å². The van der Waals surface area contributed by atoms with E-state index in [4.69, 9.17) is 24.5 Å². The van der Waals surface area contributed by atoms with Crippen LogP contribution in [0.5, 0.6) is 0 Å². The van der Waals surface area contributed by atoms with E-state index in [9.17, 15) is 19.8 Å². The predicted octanol–water partition coefficient (Wildman–Crippen LogP) is 5.14. The van der Waals surface area contributed by atoms with E-state index in [-0.39, 0.29) is 39.7 Å². The number of benzene rings is 3. The van der Waals surface area contributed by atoms with Gasteiger partial charge < -0.3 is 29.6 Å². The van der Waals surface area contributed by atoms with E-state index < -0.39 is 48.6 Å². The fourth-order valence-electron chi connectivity index (χ4n) is 5.39. The van der Waals surface area contributed by atoms with Gasteiger partial charge >= 0.3 is 23.0 Å². The zero-order valence-electron chi connectivity index (χ0n) is 25.5. The lowest BCUT2D eigenvalue weighted by Crippen LogP contribution is -2.50. The standard InChI is InChI=1S/C32H24N10O7/c1-32(49-30(45)21-15-9-4-10-16-21)25(48-29(44)20-13-7-3-8-14-20)22(17-46-28(43)19-11-5-2-6-12-19)47-31(32)42-18-35-23-24(42)27(39-41-34)37-36-26(23)38-40-33/h2-16,18,22,25,31H,17H2,1H3/b38-26?,39-27-/t22-,25-,31-,32-/m1/s1. The van der Waals surface area contributed by atoms with Crippen LogP contribution in [0.3, 0.4) is 0 Å². The Kier molecular flexibility index (Phi) is 9.12. The number of carbonyl (C=O) groups excluding carboxylic acids is 3. The van der Waals surface area contributed by atoms with Gasteiger partial charge in [0.05, 0.1) is 23.0 Å². The average molecular weight is 661 g/mol. The number of carbonyl (C=O) groups is 3. The van der Waals surface area contributed by atoms with Crippen LogP contribution in [0, 0.1) is 5.39 Å². The summed E-state index contributed by atoms with van der Waals surface area (Å²) in [4.78, 5) is 44.5. The molecule has 0 saturated carbocycles. The van der Waals surface area contributed by atoms with E-state index in [0.29, 0.717) is 0 Å². The van der Waals surface area contributed by atoms with Crippen LogP contribution in [0.4, 0.5) is 0 Å². The Hall–Kier alpha value is -6.80. The number of hydrogen-bond acceptors (Lipinski definition) is 11. The van der Waals surface area contributed by atoms with Crippen LogP contribution >= 0.6 is 0 Å². The molecule has 3 heterocycles. The first kappa shape index (κ1) is 32.2. The van der Waals surface area contributed by atoms with Gasteiger partial charge in [-0.1, -0.05) is 54.6 Å². The number of esters is 3. The monoisotopic (exact) mass is 660 g/mol. The SMILES string of the molecule is C[C@@]1(OC(=O)c2ccccc2)[C@H](OC(=O)c2ccccc2)[C@@H](COC(=O)c2ccccc2)O[C@H]1n1cnc2c1/C(=N/[N+]#N)N=NC2=NN=[N-]. The van der Waals surface area contributed by atoms with Crippen molar-refractivity contribution in [3.63, 3.8) is 0 Å². The third-order valence-corrected chi connectivity index (χ3v) is 7.64. The molecule has 1 saturated heterocycles. The molecule has 0 aliphatic carbocycles. The van der Waals surface area contributed by atoms with Crippen molar-refractivity contribution in [1.82, 2.24) is 9.55 Å². The molecular formula is C32H24N10O7. The van der Waals surface area contributed by atoms with Gasteiger partial charge in [-0.2, -0.15) is 0 Å². The first-order valence-electron chi connectivity index (χ1n) is 14.6.